The standard InChI is InChI=1S/C12H12N2O4/c1-18-12(17)7-3-2-4-8-11(7)14-9(13-8)5-6-10(15)16/h2-4H,5-6H2,1H3,(H,13,14)(H,15,16). The first kappa shape index (κ1) is 12.1. The summed E-state index contributed by atoms with van der Waals surface area (Å²) in [5.74, 6) is -0.802. The van der Waals surface area contributed by atoms with E-state index in [1.54, 1.807) is 18.2 Å². The quantitative estimate of drug-likeness (QED) is 0.797. The van der Waals surface area contributed by atoms with Crippen molar-refractivity contribution in [2.45, 2.75) is 12.8 Å². The van der Waals surface area contributed by atoms with E-state index in [-0.39, 0.29) is 6.42 Å². The van der Waals surface area contributed by atoms with Crippen molar-refractivity contribution in [3.63, 3.8) is 0 Å². The summed E-state index contributed by atoms with van der Waals surface area (Å²) in [6.45, 7) is 0. The van der Waals surface area contributed by atoms with E-state index in [0.717, 1.165) is 0 Å². The highest BCUT2D eigenvalue weighted by Gasteiger charge is 2.14. The molecule has 1 aromatic carbocycles. The summed E-state index contributed by atoms with van der Waals surface area (Å²) in [4.78, 5) is 29.2. The number of hydrogen-bond acceptors (Lipinski definition) is 4. The minimum atomic E-state index is -0.886. The number of ether oxygens (including phenoxy) is 1. The van der Waals surface area contributed by atoms with Crippen LogP contribution < -0.4 is 0 Å². The van der Waals surface area contributed by atoms with E-state index in [0.29, 0.717) is 28.8 Å². The number of carboxylic acid groups (broad SMARTS) is 1. The fourth-order valence-electron chi connectivity index (χ4n) is 1.70. The predicted molar refractivity (Wildman–Crippen MR) is 63.4 cm³/mol. The van der Waals surface area contributed by atoms with Gasteiger partial charge in [0.1, 0.15) is 11.3 Å². The number of benzene rings is 1. The third kappa shape index (κ3) is 2.32. The molecule has 0 aliphatic rings. The highest BCUT2D eigenvalue weighted by Crippen LogP contribution is 2.17. The van der Waals surface area contributed by atoms with Crippen molar-refractivity contribution in [3.05, 3.63) is 29.6 Å². The van der Waals surface area contributed by atoms with E-state index in [2.05, 4.69) is 14.7 Å². The Hall–Kier alpha value is -2.37. The van der Waals surface area contributed by atoms with Crippen molar-refractivity contribution in [3.8, 4) is 0 Å². The smallest absolute Gasteiger partial charge is 0.340 e. The van der Waals surface area contributed by atoms with Gasteiger partial charge in [0.15, 0.2) is 0 Å². The Kier molecular flexibility index (Phi) is 3.27. The van der Waals surface area contributed by atoms with Gasteiger partial charge in [0.25, 0.3) is 0 Å². The van der Waals surface area contributed by atoms with Crippen LogP contribution in [0, 0.1) is 0 Å². The second-order valence-electron chi connectivity index (χ2n) is 3.77. The number of esters is 1. The molecule has 94 valence electrons. The van der Waals surface area contributed by atoms with Crippen LogP contribution in [0.3, 0.4) is 0 Å². The minimum Gasteiger partial charge on any atom is -0.481 e. The molecule has 1 aromatic heterocycles. The molecular formula is C12H12N2O4. The fourth-order valence-corrected chi connectivity index (χ4v) is 1.70. The maximum Gasteiger partial charge on any atom is 0.340 e. The number of carbonyl (C=O) groups is 2. The van der Waals surface area contributed by atoms with Gasteiger partial charge in [-0.05, 0) is 12.1 Å². The fraction of sp³-hybridized carbons (Fsp3) is 0.250. The molecule has 0 aliphatic heterocycles. The number of fused-ring (bicyclic) bond motifs is 1. The molecule has 1 heterocycles. The first-order valence-corrected chi connectivity index (χ1v) is 5.39. The van der Waals surface area contributed by atoms with E-state index in [4.69, 9.17) is 5.11 Å². The summed E-state index contributed by atoms with van der Waals surface area (Å²) >= 11 is 0. The zero-order valence-corrected chi connectivity index (χ0v) is 9.77. The maximum absolute atomic E-state index is 11.5. The number of aromatic amines is 1. The lowest BCUT2D eigenvalue weighted by atomic mass is 10.2. The lowest BCUT2D eigenvalue weighted by molar-refractivity contribution is -0.137. The summed E-state index contributed by atoms with van der Waals surface area (Å²) in [7, 11) is 1.30. The van der Waals surface area contributed by atoms with Gasteiger partial charge in [-0.1, -0.05) is 6.07 Å². The zero-order valence-electron chi connectivity index (χ0n) is 9.77. The Bertz CT molecular complexity index is 603. The molecule has 2 aromatic rings. The summed E-state index contributed by atoms with van der Waals surface area (Å²) in [6, 6.07) is 5.11. The number of methoxy groups -OCH3 is 1. The van der Waals surface area contributed by atoms with Crippen LogP contribution in [-0.4, -0.2) is 34.1 Å². The maximum atomic E-state index is 11.5. The second kappa shape index (κ2) is 4.87. The topological polar surface area (TPSA) is 92.3 Å². The van der Waals surface area contributed by atoms with Gasteiger partial charge in [-0.2, -0.15) is 0 Å². The number of para-hydroxylation sites is 1. The van der Waals surface area contributed by atoms with Gasteiger partial charge in [-0.15, -0.1) is 0 Å². The number of aliphatic carboxylic acids is 1. The summed E-state index contributed by atoms with van der Waals surface area (Å²) < 4.78 is 4.66. The van der Waals surface area contributed by atoms with Crippen LogP contribution in [0.15, 0.2) is 18.2 Å². The Labute approximate surface area is 103 Å². The van der Waals surface area contributed by atoms with Gasteiger partial charge in [0.2, 0.25) is 0 Å². The number of aryl methyl sites for hydroxylation is 1. The van der Waals surface area contributed by atoms with Gasteiger partial charge >= 0.3 is 11.9 Å². The predicted octanol–water partition coefficient (Wildman–Crippen LogP) is 1.37. The van der Waals surface area contributed by atoms with Crippen LogP contribution in [0.2, 0.25) is 0 Å². The molecule has 0 bridgehead atoms. The summed E-state index contributed by atoms with van der Waals surface area (Å²) in [5.41, 5.74) is 1.57. The molecule has 0 fully saturated rings. The van der Waals surface area contributed by atoms with E-state index in [9.17, 15) is 9.59 Å². The second-order valence-corrected chi connectivity index (χ2v) is 3.77. The van der Waals surface area contributed by atoms with Crippen LogP contribution >= 0.6 is 0 Å². The third-order valence-electron chi connectivity index (χ3n) is 2.54. The molecule has 0 amide bonds. The van der Waals surface area contributed by atoms with E-state index in [1.165, 1.54) is 7.11 Å². The lowest BCUT2D eigenvalue weighted by Gasteiger charge is -1.98. The van der Waals surface area contributed by atoms with Crippen molar-refractivity contribution in [2.24, 2.45) is 0 Å². The number of carboxylic acids is 1. The number of nitrogens with zero attached hydrogens (tertiary/aromatic N) is 1. The van der Waals surface area contributed by atoms with Crippen LogP contribution in [0.4, 0.5) is 0 Å². The molecule has 0 aliphatic carbocycles. The van der Waals surface area contributed by atoms with E-state index >= 15 is 0 Å². The van der Waals surface area contributed by atoms with Gasteiger partial charge in [0.05, 0.1) is 24.6 Å². The average Bonchev–Trinajstić information content (AvgIpc) is 2.77. The van der Waals surface area contributed by atoms with Gasteiger partial charge in [-0.3, -0.25) is 4.79 Å². The van der Waals surface area contributed by atoms with Crippen molar-refractivity contribution < 1.29 is 19.4 Å². The number of imidazole rings is 1. The van der Waals surface area contributed by atoms with Gasteiger partial charge in [0, 0.05) is 6.42 Å². The third-order valence-corrected chi connectivity index (χ3v) is 2.54. The number of aromatic nitrogens is 2. The molecule has 0 spiro atoms. The van der Waals surface area contributed by atoms with Crippen LogP contribution in [-0.2, 0) is 16.0 Å². The van der Waals surface area contributed by atoms with Gasteiger partial charge in [-0.25, -0.2) is 9.78 Å². The molecule has 0 saturated heterocycles. The molecule has 0 unspecified atom stereocenters. The zero-order chi connectivity index (χ0) is 13.1. The van der Waals surface area contributed by atoms with Crippen molar-refractivity contribution in [1.29, 1.82) is 0 Å². The number of hydrogen-bond donors (Lipinski definition) is 2. The number of rotatable bonds is 4. The Morgan fingerprint density at radius 3 is 2.89 bits per heavy atom. The molecule has 2 N–H and O–H groups in total. The van der Waals surface area contributed by atoms with Crippen molar-refractivity contribution >= 4 is 23.0 Å². The van der Waals surface area contributed by atoms with E-state index < -0.39 is 11.9 Å². The highest BCUT2D eigenvalue weighted by molar-refractivity contribution is 6.01. The number of H-pyrrole nitrogens is 1. The molecule has 2 rings (SSSR count). The summed E-state index contributed by atoms with van der Waals surface area (Å²) in [5, 5.41) is 8.61. The van der Waals surface area contributed by atoms with Crippen molar-refractivity contribution in [1.82, 2.24) is 9.97 Å². The van der Waals surface area contributed by atoms with Crippen LogP contribution in [0.5, 0.6) is 0 Å². The van der Waals surface area contributed by atoms with E-state index in [1.807, 2.05) is 0 Å². The molecule has 18 heavy (non-hydrogen) atoms. The molecule has 0 saturated carbocycles. The Morgan fingerprint density at radius 2 is 2.22 bits per heavy atom. The number of carbonyl (C=O) groups excluding carboxylic acids is 1. The summed E-state index contributed by atoms with van der Waals surface area (Å²) in [6.07, 6.45) is 0.290. The highest BCUT2D eigenvalue weighted by atomic mass is 16.5. The first-order valence-electron chi connectivity index (χ1n) is 5.39. The number of nitrogens with one attached hydrogen (secondary N) is 1. The molecule has 0 radical (unpaired) electrons. The average molecular weight is 248 g/mol. The largest absolute Gasteiger partial charge is 0.481 e. The first-order chi connectivity index (χ1) is 8.61. The lowest BCUT2D eigenvalue weighted by Crippen LogP contribution is -2.02. The molecule has 6 nitrogen and oxygen atoms in total. The molecule has 6 heteroatoms. The van der Waals surface area contributed by atoms with Crippen molar-refractivity contribution in [2.75, 3.05) is 7.11 Å². The molecule has 0 atom stereocenters. The van der Waals surface area contributed by atoms with Gasteiger partial charge < -0.3 is 14.8 Å². The van der Waals surface area contributed by atoms with Crippen LogP contribution in [0.1, 0.15) is 22.6 Å². The monoisotopic (exact) mass is 248 g/mol. The Morgan fingerprint density at radius 1 is 1.44 bits per heavy atom. The normalized spacial score (nSPS) is 10.5. The molecular weight excluding hydrogens is 236 g/mol. The Balaban J connectivity index is 2.38. The van der Waals surface area contributed by atoms with Crippen LogP contribution in [0.25, 0.3) is 11.0 Å². The minimum absolute atomic E-state index is 0.00657. The SMILES string of the molecule is COC(=O)c1cccc2[nH]c(CCC(=O)O)nc12.